The highest BCUT2D eigenvalue weighted by atomic mass is 32.2. The highest BCUT2D eigenvalue weighted by Crippen LogP contribution is 2.24. The lowest BCUT2D eigenvalue weighted by atomic mass is 10.1. The van der Waals surface area contributed by atoms with Crippen LogP contribution in [0.3, 0.4) is 0 Å². The Balaban J connectivity index is 2.03. The van der Waals surface area contributed by atoms with Gasteiger partial charge in [0, 0.05) is 12.6 Å². The van der Waals surface area contributed by atoms with Gasteiger partial charge < -0.3 is 10.2 Å². The van der Waals surface area contributed by atoms with Crippen LogP contribution in [-0.4, -0.2) is 43.8 Å². The van der Waals surface area contributed by atoms with Gasteiger partial charge in [0.2, 0.25) is 11.8 Å². The van der Waals surface area contributed by atoms with Crippen molar-refractivity contribution < 1.29 is 18.0 Å². The molecule has 0 heterocycles. The first-order chi connectivity index (χ1) is 17.6. The maximum Gasteiger partial charge on any atom is 0.264 e. The van der Waals surface area contributed by atoms with Gasteiger partial charge in [-0.05, 0) is 57.0 Å². The number of anilines is 1. The average Bonchev–Trinajstić information content (AvgIpc) is 2.87. The standard InChI is InChI=1S/C29H35N3O4S/c1-5-27(29(34)30-22(2)3)31(20-24-14-12-13-23(4)19-24)28(33)21-32(25-15-8-6-9-16-25)37(35,36)26-17-10-7-11-18-26/h6-19,22,27H,5,20-21H2,1-4H3,(H,30,34). The topological polar surface area (TPSA) is 86.8 Å². The summed E-state index contributed by atoms with van der Waals surface area (Å²) in [6.07, 6.45) is 0.382. The van der Waals surface area contributed by atoms with E-state index in [1.54, 1.807) is 48.5 Å². The van der Waals surface area contributed by atoms with E-state index in [2.05, 4.69) is 5.32 Å². The molecule has 0 spiro atoms. The normalized spacial score (nSPS) is 12.1. The summed E-state index contributed by atoms with van der Waals surface area (Å²) in [5, 5.41) is 2.90. The number of rotatable bonds is 11. The number of hydrogen-bond acceptors (Lipinski definition) is 4. The number of nitrogens with one attached hydrogen (secondary N) is 1. The highest BCUT2D eigenvalue weighted by molar-refractivity contribution is 7.92. The number of amides is 2. The number of carbonyl (C=O) groups is 2. The van der Waals surface area contributed by atoms with Gasteiger partial charge in [-0.25, -0.2) is 8.42 Å². The Bertz CT molecular complexity index is 1290. The van der Waals surface area contributed by atoms with Gasteiger partial charge >= 0.3 is 0 Å². The zero-order chi connectivity index (χ0) is 27.0. The number of benzene rings is 3. The molecule has 0 bridgehead atoms. The molecule has 3 rings (SSSR count). The first-order valence-electron chi connectivity index (χ1n) is 12.4. The van der Waals surface area contributed by atoms with Crippen molar-refractivity contribution in [2.24, 2.45) is 0 Å². The molecule has 1 unspecified atom stereocenters. The minimum atomic E-state index is -4.05. The van der Waals surface area contributed by atoms with Crippen LogP contribution in [-0.2, 0) is 26.2 Å². The lowest BCUT2D eigenvalue weighted by Crippen LogP contribution is -2.53. The van der Waals surface area contributed by atoms with Crippen molar-refractivity contribution in [3.63, 3.8) is 0 Å². The van der Waals surface area contributed by atoms with E-state index in [4.69, 9.17) is 0 Å². The van der Waals surface area contributed by atoms with Crippen LogP contribution in [0, 0.1) is 6.92 Å². The predicted molar refractivity (Wildman–Crippen MR) is 147 cm³/mol. The monoisotopic (exact) mass is 521 g/mol. The molecule has 37 heavy (non-hydrogen) atoms. The predicted octanol–water partition coefficient (Wildman–Crippen LogP) is 4.52. The van der Waals surface area contributed by atoms with Gasteiger partial charge in [-0.1, -0.05) is 73.2 Å². The van der Waals surface area contributed by atoms with Crippen molar-refractivity contribution in [1.82, 2.24) is 10.2 Å². The van der Waals surface area contributed by atoms with Crippen LogP contribution in [0.25, 0.3) is 0 Å². The van der Waals surface area contributed by atoms with Crippen LogP contribution in [0.15, 0.2) is 89.8 Å². The minimum absolute atomic E-state index is 0.0847. The van der Waals surface area contributed by atoms with E-state index in [0.29, 0.717) is 12.1 Å². The fraction of sp³-hybridized carbons (Fsp3) is 0.310. The Kier molecular flexibility index (Phi) is 9.47. The number of hydrogen-bond donors (Lipinski definition) is 1. The molecule has 8 heteroatoms. The Morgan fingerprint density at radius 2 is 1.51 bits per heavy atom. The number of carbonyl (C=O) groups excluding carboxylic acids is 2. The Hall–Kier alpha value is -3.65. The molecule has 3 aromatic carbocycles. The summed E-state index contributed by atoms with van der Waals surface area (Å²) in [6, 6.07) is 23.4. The van der Waals surface area contributed by atoms with Crippen molar-refractivity contribution in [3.8, 4) is 0 Å². The van der Waals surface area contributed by atoms with Crippen LogP contribution in [0.1, 0.15) is 38.3 Å². The van der Waals surface area contributed by atoms with E-state index in [-0.39, 0.29) is 23.4 Å². The smallest absolute Gasteiger partial charge is 0.264 e. The molecular formula is C29H35N3O4S. The maximum absolute atomic E-state index is 13.9. The third-order valence-corrected chi connectivity index (χ3v) is 7.69. The average molecular weight is 522 g/mol. The molecule has 0 aromatic heterocycles. The first-order valence-corrected chi connectivity index (χ1v) is 13.9. The second kappa shape index (κ2) is 12.5. The van der Waals surface area contributed by atoms with Gasteiger partial charge in [0.1, 0.15) is 12.6 Å². The van der Waals surface area contributed by atoms with Gasteiger partial charge in [-0.15, -0.1) is 0 Å². The van der Waals surface area contributed by atoms with Crippen LogP contribution in [0.5, 0.6) is 0 Å². The SMILES string of the molecule is CCC(C(=O)NC(C)C)N(Cc1cccc(C)c1)C(=O)CN(c1ccccc1)S(=O)(=O)c1ccccc1. The molecule has 0 fully saturated rings. The summed E-state index contributed by atoms with van der Waals surface area (Å²) in [4.78, 5) is 28.6. The molecule has 1 N–H and O–H groups in total. The molecule has 0 aliphatic rings. The van der Waals surface area contributed by atoms with Gasteiger partial charge in [0.25, 0.3) is 10.0 Å². The molecule has 2 amide bonds. The minimum Gasteiger partial charge on any atom is -0.352 e. The van der Waals surface area contributed by atoms with E-state index < -0.39 is 28.5 Å². The number of sulfonamides is 1. The molecular weight excluding hydrogens is 486 g/mol. The second-order valence-electron chi connectivity index (χ2n) is 9.26. The van der Waals surface area contributed by atoms with E-state index in [1.165, 1.54) is 17.0 Å². The number of aryl methyl sites for hydroxylation is 1. The van der Waals surface area contributed by atoms with Crippen molar-refractivity contribution in [1.29, 1.82) is 0 Å². The summed E-state index contributed by atoms with van der Waals surface area (Å²) >= 11 is 0. The summed E-state index contributed by atoms with van der Waals surface area (Å²) in [5.74, 6) is -0.730. The van der Waals surface area contributed by atoms with Crippen molar-refractivity contribution in [3.05, 3.63) is 96.1 Å². The van der Waals surface area contributed by atoms with E-state index >= 15 is 0 Å². The Morgan fingerprint density at radius 3 is 2.08 bits per heavy atom. The molecule has 7 nitrogen and oxygen atoms in total. The third kappa shape index (κ3) is 7.20. The zero-order valence-electron chi connectivity index (χ0n) is 21.8. The number of para-hydroxylation sites is 1. The van der Waals surface area contributed by atoms with Crippen molar-refractivity contribution >= 4 is 27.5 Å². The van der Waals surface area contributed by atoms with Gasteiger partial charge in [0.15, 0.2) is 0 Å². The molecule has 0 saturated heterocycles. The van der Waals surface area contributed by atoms with Crippen LogP contribution in [0.4, 0.5) is 5.69 Å². The van der Waals surface area contributed by atoms with Crippen molar-refractivity contribution in [2.75, 3.05) is 10.8 Å². The largest absolute Gasteiger partial charge is 0.352 e. The molecule has 196 valence electrons. The zero-order valence-corrected chi connectivity index (χ0v) is 22.6. The fourth-order valence-corrected chi connectivity index (χ4v) is 5.59. The van der Waals surface area contributed by atoms with Crippen LogP contribution in [0.2, 0.25) is 0 Å². The van der Waals surface area contributed by atoms with Gasteiger partial charge in [0.05, 0.1) is 10.6 Å². The summed E-state index contributed by atoms with van der Waals surface area (Å²) in [5.41, 5.74) is 2.26. The molecule has 0 aliphatic carbocycles. The summed E-state index contributed by atoms with van der Waals surface area (Å²) < 4.78 is 28.5. The maximum atomic E-state index is 13.9. The van der Waals surface area contributed by atoms with Gasteiger partial charge in [-0.2, -0.15) is 0 Å². The fourth-order valence-electron chi connectivity index (χ4n) is 4.15. The van der Waals surface area contributed by atoms with Crippen LogP contribution >= 0.6 is 0 Å². The molecule has 0 saturated carbocycles. The lowest BCUT2D eigenvalue weighted by Gasteiger charge is -2.33. The van der Waals surface area contributed by atoms with E-state index in [1.807, 2.05) is 52.0 Å². The summed E-state index contributed by atoms with van der Waals surface area (Å²) in [6.45, 7) is 7.26. The number of nitrogens with zero attached hydrogens (tertiary/aromatic N) is 2. The molecule has 1 atom stereocenters. The van der Waals surface area contributed by atoms with Gasteiger partial charge in [-0.3, -0.25) is 13.9 Å². The second-order valence-corrected chi connectivity index (χ2v) is 11.1. The highest BCUT2D eigenvalue weighted by Gasteiger charge is 2.33. The Labute approximate surface area is 220 Å². The third-order valence-electron chi connectivity index (χ3n) is 5.91. The quantitative estimate of drug-likeness (QED) is 0.402. The van der Waals surface area contributed by atoms with E-state index in [9.17, 15) is 18.0 Å². The lowest BCUT2D eigenvalue weighted by molar-refractivity contribution is -0.140. The first kappa shape index (κ1) is 27.9. The molecule has 3 aromatic rings. The Morgan fingerprint density at radius 1 is 0.892 bits per heavy atom. The molecule has 0 radical (unpaired) electrons. The van der Waals surface area contributed by atoms with Crippen LogP contribution < -0.4 is 9.62 Å². The van der Waals surface area contributed by atoms with E-state index in [0.717, 1.165) is 15.4 Å². The summed E-state index contributed by atoms with van der Waals surface area (Å²) in [7, 11) is -4.05. The van der Waals surface area contributed by atoms with Crippen molar-refractivity contribution in [2.45, 2.75) is 57.6 Å². The molecule has 0 aliphatic heterocycles.